The fraction of sp³-hybridized carbons (Fsp3) is 0.0980. The summed E-state index contributed by atoms with van der Waals surface area (Å²) in [6.45, 7) is 2.24. The molecule has 7 aromatic carbocycles. The maximum Gasteiger partial charge on any atom is 0.143 e. The van der Waals surface area contributed by atoms with Crippen LogP contribution in [0.4, 0.5) is 0 Å². The highest BCUT2D eigenvalue weighted by molar-refractivity contribution is 7.08. The zero-order valence-electron chi connectivity index (χ0n) is 29.6. The third-order valence-electron chi connectivity index (χ3n) is 11.7. The second kappa shape index (κ2) is 12.0. The van der Waals surface area contributed by atoms with Gasteiger partial charge in [-0.1, -0.05) is 127 Å². The second-order valence-corrected chi connectivity index (χ2v) is 15.3. The number of rotatable bonds is 4. The van der Waals surface area contributed by atoms with E-state index in [9.17, 15) is 0 Å². The summed E-state index contributed by atoms with van der Waals surface area (Å²) in [6.07, 6.45) is 15.7. The predicted octanol–water partition coefficient (Wildman–Crippen LogP) is 15.1. The van der Waals surface area contributed by atoms with Crippen molar-refractivity contribution in [3.8, 4) is 33.4 Å². The van der Waals surface area contributed by atoms with Crippen molar-refractivity contribution in [2.45, 2.75) is 32.6 Å². The molecular formula is C51H36OS. The Morgan fingerprint density at radius 3 is 1.89 bits per heavy atom. The lowest BCUT2D eigenvalue weighted by Crippen LogP contribution is -2.02. The smallest absolute Gasteiger partial charge is 0.143 e. The van der Waals surface area contributed by atoms with Crippen LogP contribution >= 0.6 is 11.3 Å². The van der Waals surface area contributed by atoms with Gasteiger partial charge in [0, 0.05) is 21.9 Å². The monoisotopic (exact) mass is 696 g/mol. The summed E-state index contributed by atoms with van der Waals surface area (Å²) in [5, 5.41) is 14.7. The van der Waals surface area contributed by atoms with E-state index in [4.69, 9.17) is 4.42 Å². The van der Waals surface area contributed by atoms with Gasteiger partial charge in [-0.05, 0) is 138 Å². The highest BCUT2D eigenvalue weighted by Gasteiger charge is 2.24. The number of aryl methyl sites for hydroxylation is 1. The maximum absolute atomic E-state index is 6.92. The van der Waals surface area contributed by atoms with Crippen LogP contribution in [0.3, 0.4) is 0 Å². The minimum absolute atomic E-state index is 0.921. The molecule has 0 radical (unpaired) electrons. The van der Waals surface area contributed by atoms with Gasteiger partial charge in [-0.2, -0.15) is 11.3 Å². The van der Waals surface area contributed by atoms with Gasteiger partial charge in [0.05, 0.1) is 0 Å². The summed E-state index contributed by atoms with van der Waals surface area (Å²) in [7, 11) is 0. The van der Waals surface area contributed by atoms with Crippen LogP contribution in [0.2, 0.25) is 0 Å². The Bertz CT molecular complexity index is 3010. The van der Waals surface area contributed by atoms with E-state index in [0.717, 1.165) is 53.2 Å². The summed E-state index contributed by atoms with van der Waals surface area (Å²) in [5.41, 5.74) is 16.5. The van der Waals surface area contributed by atoms with Gasteiger partial charge in [-0.15, -0.1) is 0 Å². The Morgan fingerprint density at radius 2 is 1.21 bits per heavy atom. The average molecular weight is 697 g/mol. The molecule has 252 valence electrons. The number of thiophene rings is 1. The van der Waals surface area contributed by atoms with Gasteiger partial charge in [-0.3, -0.25) is 0 Å². The van der Waals surface area contributed by atoms with Gasteiger partial charge in [0.15, 0.2) is 0 Å². The first-order valence-electron chi connectivity index (χ1n) is 18.8. The molecule has 0 aliphatic heterocycles. The average Bonchev–Trinajstić information content (AvgIpc) is 3.82. The van der Waals surface area contributed by atoms with Crippen molar-refractivity contribution in [3.05, 3.63) is 167 Å². The van der Waals surface area contributed by atoms with Crippen LogP contribution in [0.1, 0.15) is 41.5 Å². The quantitative estimate of drug-likeness (QED) is 0.167. The Labute approximate surface area is 312 Å². The number of benzene rings is 7. The molecule has 0 saturated carbocycles. The van der Waals surface area contributed by atoms with Gasteiger partial charge >= 0.3 is 0 Å². The summed E-state index contributed by atoms with van der Waals surface area (Å²) in [5.74, 6) is 0. The van der Waals surface area contributed by atoms with Crippen molar-refractivity contribution in [2.24, 2.45) is 0 Å². The molecule has 11 rings (SSSR count). The van der Waals surface area contributed by atoms with E-state index in [1.165, 1.54) is 88.0 Å². The van der Waals surface area contributed by atoms with Crippen molar-refractivity contribution >= 4 is 77.2 Å². The van der Waals surface area contributed by atoms with Gasteiger partial charge in [-0.25, -0.2) is 0 Å². The van der Waals surface area contributed by atoms with Gasteiger partial charge in [0.1, 0.15) is 11.2 Å². The molecule has 0 N–H and O–H groups in total. The zero-order chi connectivity index (χ0) is 35.0. The standard InChI is InChI=1S/C51H36OS/c1-31-29-53-30-45(31)50-40-22-11-7-18-36(40)48(37-19-8-12-23-41(37)50)33-26-27-46-44(28-33)42-24-13-25-43(51(42)52-46)49-38-20-9-5-16-34(38)47(32-14-3-2-4-15-32)35-17-6-10-21-39(35)49/h2-3,5-7,9-14,16-18,20-30H,4,8,15,19H2,1H3. The van der Waals surface area contributed by atoms with Crippen LogP contribution < -0.4 is 0 Å². The first-order valence-corrected chi connectivity index (χ1v) is 19.7. The van der Waals surface area contributed by atoms with E-state index in [2.05, 4.69) is 157 Å². The summed E-state index contributed by atoms with van der Waals surface area (Å²) in [6, 6.07) is 40.5. The van der Waals surface area contributed by atoms with Crippen LogP contribution in [0.5, 0.6) is 0 Å². The molecule has 0 unspecified atom stereocenters. The van der Waals surface area contributed by atoms with E-state index in [-0.39, 0.29) is 0 Å². The van der Waals surface area contributed by atoms with Gasteiger partial charge in [0.25, 0.3) is 0 Å². The first-order chi connectivity index (χ1) is 26.2. The number of allylic oxidation sites excluding steroid dienone is 5. The highest BCUT2D eigenvalue weighted by atomic mass is 32.1. The van der Waals surface area contributed by atoms with Crippen molar-refractivity contribution < 1.29 is 4.42 Å². The second-order valence-electron chi connectivity index (χ2n) is 14.6. The van der Waals surface area contributed by atoms with Gasteiger partial charge in [0.2, 0.25) is 0 Å². The van der Waals surface area contributed by atoms with Crippen LogP contribution in [0, 0.1) is 6.92 Å². The number of para-hydroxylation sites is 1. The Balaban J connectivity index is 1.17. The van der Waals surface area contributed by atoms with Crippen molar-refractivity contribution in [2.75, 3.05) is 0 Å². The van der Waals surface area contributed by atoms with Crippen molar-refractivity contribution in [1.29, 1.82) is 0 Å². The van der Waals surface area contributed by atoms with Crippen molar-refractivity contribution in [3.63, 3.8) is 0 Å². The Kier molecular flexibility index (Phi) is 6.97. The molecule has 2 heterocycles. The fourth-order valence-electron chi connectivity index (χ4n) is 9.35. The maximum atomic E-state index is 6.92. The number of hydrogen-bond donors (Lipinski definition) is 0. The molecule has 2 aromatic heterocycles. The molecule has 0 atom stereocenters. The molecule has 0 fully saturated rings. The minimum Gasteiger partial charge on any atom is -0.455 e. The topological polar surface area (TPSA) is 13.1 Å². The Hall–Kier alpha value is -5.96. The lowest BCUT2D eigenvalue weighted by Gasteiger charge is -2.23. The molecule has 0 amide bonds. The molecule has 1 nitrogen and oxygen atoms in total. The summed E-state index contributed by atoms with van der Waals surface area (Å²) in [4.78, 5) is 0. The number of fused-ring (bicyclic) bond motifs is 7. The molecule has 53 heavy (non-hydrogen) atoms. The van der Waals surface area contributed by atoms with Crippen molar-refractivity contribution in [1.82, 2.24) is 0 Å². The third kappa shape index (κ3) is 4.62. The minimum atomic E-state index is 0.921. The molecule has 0 spiro atoms. The van der Waals surface area contributed by atoms with E-state index in [1.807, 2.05) is 0 Å². The van der Waals surface area contributed by atoms with E-state index >= 15 is 0 Å². The van der Waals surface area contributed by atoms with E-state index in [1.54, 1.807) is 11.3 Å². The normalized spacial score (nSPS) is 14.2. The summed E-state index contributed by atoms with van der Waals surface area (Å²) >= 11 is 1.79. The Morgan fingerprint density at radius 1 is 0.547 bits per heavy atom. The lowest BCUT2D eigenvalue weighted by molar-refractivity contribution is 0.670. The molecule has 2 aliphatic rings. The summed E-state index contributed by atoms with van der Waals surface area (Å²) < 4.78 is 6.92. The molecule has 0 bridgehead atoms. The predicted molar refractivity (Wildman–Crippen MR) is 229 cm³/mol. The molecule has 2 aliphatic carbocycles. The van der Waals surface area contributed by atoms with Crippen LogP contribution in [-0.4, -0.2) is 0 Å². The molecule has 2 heteroatoms. The molecule has 9 aromatic rings. The lowest BCUT2D eigenvalue weighted by atomic mass is 9.80. The van der Waals surface area contributed by atoms with Crippen LogP contribution in [0.25, 0.3) is 99.3 Å². The zero-order valence-corrected chi connectivity index (χ0v) is 30.4. The van der Waals surface area contributed by atoms with Crippen LogP contribution in [0.15, 0.2) is 149 Å². The first kappa shape index (κ1) is 30.6. The number of hydrogen-bond acceptors (Lipinski definition) is 2. The third-order valence-corrected chi connectivity index (χ3v) is 12.5. The van der Waals surface area contributed by atoms with E-state index < -0.39 is 0 Å². The molecule has 0 saturated heterocycles. The van der Waals surface area contributed by atoms with E-state index in [0.29, 0.717) is 0 Å². The SMILES string of the molecule is Cc1cscc1-c1c2c(c(-c3ccc4oc5c(-c6c7ccccc7c(C7=CC=CCC7)c7ccccc67)cccc5c4c3)c3ccccc13)CCC=C2. The fourth-order valence-corrected chi connectivity index (χ4v) is 10.2. The number of furan rings is 1. The molecular weight excluding hydrogens is 661 g/mol. The van der Waals surface area contributed by atoms with Crippen LogP contribution in [-0.2, 0) is 6.42 Å². The largest absolute Gasteiger partial charge is 0.455 e. The van der Waals surface area contributed by atoms with Gasteiger partial charge < -0.3 is 4.42 Å². The highest BCUT2D eigenvalue weighted by Crippen LogP contribution is 2.49.